The number of nitrogens with one attached hydrogen (secondary N) is 1. The summed E-state index contributed by atoms with van der Waals surface area (Å²) in [6.07, 6.45) is 1.23. The van der Waals surface area contributed by atoms with Crippen LogP contribution in [0.5, 0.6) is 0 Å². The molecular weight excluding hydrogens is 274 g/mol. The fourth-order valence-electron chi connectivity index (χ4n) is 2.95. The van der Waals surface area contributed by atoms with E-state index in [9.17, 15) is 0 Å². The number of aromatic nitrogens is 2. The minimum absolute atomic E-state index is 0.244. The fraction of sp³-hybridized carbons (Fsp3) is 0.533. The molecule has 1 N–H and O–H groups in total. The maximum absolute atomic E-state index is 6.13. The first-order valence-electron chi connectivity index (χ1n) is 7.03. The van der Waals surface area contributed by atoms with E-state index in [-0.39, 0.29) is 12.1 Å². The monoisotopic (exact) mass is 293 g/mol. The molecule has 2 unspecified atom stereocenters. The van der Waals surface area contributed by atoms with Crippen LogP contribution in [0.2, 0.25) is 5.02 Å². The van der Waals surface area contributed by atoms with Crippen LogP contribution in [0.3, 0.4) is 0 Å². The fourth-order valence-corrected chi connectivity index (χ4v) is 3.12. The van der Waals surface area contributed by atoms with Crippen molar-refractivity contribution >= 4 is 22.6 Å². The maximum Gasteiger partial charge on any atom is 0.127 e. The normalized spacial score (nSPS) is 23.1. The van der Waals surface area contributed by atoms with Crippen LogP contribution in [0.15, 0.2) is 18.2 Å². The Hall–Kier alpha value is -1.10. The Morgan fingerprint density at radius 2 is 2.25 bits per heavy atom. The number of hydrogen-bond acceptors (Lipinski definition) is 3. The number of nitrogens with zero attached hydrogens (tertiary/aromatic N) is 2. The van der Waals surface area contributed by atoms with Crippen molar-refractivity contribution < 1.29 is 4.74 Å². The van der Waals surface area contributed by atoms with Crippen molar-refractivity contribution in [3.8, 4) is 0 Å². The predicted octanol–water partition coefficient (Wildman–Crippen LogP) is 3.32. The molecular formula is C15H20ClN3O. The highest BCUT2D eigenvalue weighted by Crippen LogP contribution is 2.31. The molecule has 2 atom stereocenters. The molecule has 0 bridgehead atoms. The zero-order valence-electron chi connectivity index (χ0n) is 12.1. The van der Waals surface area contributed by atoms with E-state index in [2.05, 4.69) is 23.7 Å². The van der Waals surface area contributed by atoms with Crippen LogP contribution in [-0.2, 0) is 4.74 Å². The molecule has 0 amide bonds. The molecule has 0 radical (unpaired) electrons. The Balaban J connectivity index is 2.08. The number of rotatable bonds is 3. The molecule has 0 saturated carbocycles. The molecule has 20 heavy (non-hydrogen) atoms. The van der Waals surface area contributed by atoms with E-state index in [1.165, 1.54) is 0 Å². The van der Waals surface area contributed by atoms with Gasteiger partial charge in [-0.05, 0) is 38.5 Å². The zero-order valence-corrected chi connectivity index (χ0v) is 12.8. The molecule has 1 aromatic heterocycles. The quantitative estimate of drug-likeness (QED) is 0.943. The summed E-state index contributed by atoms with van der Waals surface area (Å²) in [7, 11) is 1.76. The van der Waals surface area contributed by atoms with Crippen molar-refractivity contribution in [1.29, 1.82) is 0 Å². The van der Waals surface area contributed by atoms with Gasteiger partial charge in [0.1, 0.15) is 5.82 Å². The second-order valence-corrected chi connectivity index (χ2v) is 6.06. The van der Waals surface area contributed by atoms with E-state index in [1.807, 2.05) is 18.2 Å². The Labute approximate surface area is 124 Å². The summed E-state index contributed by atoms with van der Waals surface area (Å²) in [5.74, 6) is 1.08. The second-order valence-electron chi connectivity index (χ2n) is 5.62. The summed E-state index contributed by atoms with van der Waals surface area (Å²) in [6.45, 7) is 5.23. The Morgan fingerprint density at radius 1 is 1.45 bits per heavy atom. The summed E-state index contributed by atoms with van der Waals surface area (Å²) in [6, 6.07) is 6.47. The minimum Gasteiger partial charge on any atom is -0.380 e. The molecule has 108 valence electrons. The number of imidazole rings is 1. The van der Waals surface area contributed by atoms with E-state index < -0.39 is 0 Å². The van der Waals surface area contributed by atoms with Crippen molar-refractivity contribution in [3.63, 3.8) is 0 Å². The zero-order chi connectivity index (χ0) is 14.3. The van der Waals surface area contributed by atoms with Crippen LogP contribution < -0.4 is 5.32 Å². The first-order chi connectivity index (χ1) is 9.60. The molecule has 2 heterocycles. The predicted molar refractivity (Wildman–Crippen MR) is 81.3 cm³/mol. The molecule has 1 aliphatic rings. The summed E-state index contributed by atoms with van der Waals surface area (Å²) >= 11 is 6.13. The SMILES string of the molecule is COC1CNC(c2nc3ccc(Cl)cc3n2C(C)C)C1. The molecule has 1 aromatic carbocycles. The molecule has 1 fully saturated rings. The third-order valence-electron chi connectivity index (χ3n) is 3.93. The Kier molecular flexibility index (Phi) is 3.71. The van der Waals surface area contributed by atoms with Crippen molar-refractivity contribution in [2.45, 2.75) is 38.5 Å². The summed E-state index contributed by atoms with van der Waals surface area (Å²) in [5, 5.41) is 4.25. The minimum atomic E-state index is 0.244. The molecule has 1 aliphatic heterocycles. The van der Waals surface area contributed by atoms with Crippen LogP contribution in [0, 0.1) is 0 Å². The Bertz CT molecular complexity index is 623. The largest absolute Gasteiger partial charge is 0.380 e. The first-order valence-corrected chi connectivity index (χ1v) is 7.41. The van der Waals surface area contributed by atoms with Crippen LogP contribution >= 0.6 is 11.6 Å². The van der Waals surface area contributed by atoms with E-state index >= 15 is 0 Å². The lowest BCUT2D eigenvalue weighted by Gasteiger charge is -2.17. The third-order valence-corrected chi connectivity index (χ3v) is 4.17. The third kappa shape index (κ3) is 2.32. The van der Waals surface area contributed by atoms with Gasteiger partial charge in [-0.3, -0.25) is 0 Å². The van der Waals surface area contributed by atoms with Crippen LogP contribution in [0.25, 0.3) is 11.0 Å². The highest BCUT2D eigenvalue weighted by molar-refractivity contribution is 6.31. The highest BCUT2D eigenvalue weighted by Gasteiger charge is 2.29. The van der Waals surface area contributed by atoms with Gasteiger partial charge >= 0.3 is 0 Å². The van der Waals surface area contributed by atoms with Gasteiger partial charge in [-0.2, -0.15) is 0 Å². The van der Waals surface area contributed by atoms with Crippen LogP contribution in [0.1, 0.15) is 38.2 Å². The lowest BCUT2D eigenvalue weighted by molar-refractivity contribution is 0.117. The standard InChI is InChI=1S/C15H20ClN3O/c1-9(2)19-14-6-10(16)4-5-12(14)18-15(19)13-7-11(20-3)8-17-13/h4-6,9,11,13,17H,7-8H2,1-3H3. The molecule has 5 heteroatoms. The van der Waals surface area contributed by atoms with Crippen molar-refractivity contribution in [2.24, 2.45) is 0 Å². The molecule has 0 aliphatic carbocycles. The van der Waals surface area contributed by atoms with Crippen molar-refractivity contribution in [2.75, 3.05) is 13.7 Å². The second kappa shape index (κ2) is 5.35. The van der Waals surface area contributed by atoms with Gasteiger partial charge in [0, 0.05) is 24.7 Å². The van der Waals surface area contributed by atoms with E-state index in [0.717, 1.165) is 34.8 Å². The first kappa shape index (κ1) is 13.9. The number of ether oxygens (including phenoxy) is 1. The molecule has 3 rings (SSSR count). The number of benzene rings is 1. The van der Waals surface area contributed by atoms with Crippen LogP contribution in [-0.4, -0.2) is 29.3 Å². The summed E-state index contributed by atoms with van der Waals surface area (Å²) < 4.78 is 7.71. The van der Waals surface area contributed by atoms with E-state index in [0.29, 0.717) is 6.04 Å². The molecule has 2 aromatic rings. The molecule has 0 spiro atoms. The van der Waals surface area contributed by atoms with Gasteiger partial charge in [0.15, 0.2) is 0 Å². The highest BCUT2D eigenvalue weighted by atomic mass is 35.5. The van der Waals surface area contributed by atoms with E-state index in [4.69, 9.17) is 21.3 Å². The topological polar surface area (TPSA) is 39.1 Å². The van der Waals surface area contributed by atoms with Crippen molar-refractivity contribution in [1.82, 2.24) is 14.9 Å². The van der Waals surface area contributed by atoms with Gasteiger partial charge in [0.2, 0.25) is 0 Å². The lowest BCUT2D eigenvalue weighted by atomic mass is 10.2. The van der Waals surface area contributed by atoms with Gasteiger partial charge in [-0.25, -0.2) is 4.98 Å². The van der Waals surface area contributed by atoms with Gasteiger partial charge in [0.05, 0.1) is 23.2 Å². The van der Waals surface area contributed by atoms with Gasteiger partial charge in [-0.1, -0.05) is 11.6 Å². The van der Waals surface area contributed by atoms with Crippen LogP contribution in [0.4, 0.5) is 0 Å². The lowest BCUT2D eigenvalue weighted by Crippen LogP contribution is -2.19. The number of fused-ring (bicyclic) bond motifs is 1. The van der Waals surface area contributed by atoms with Gasteiger partial charge < -0.3 is 14.6 Å². The summed E-state index contributed by atoms with van der Waals surface area (Å²) in [4.78, 5) is 4.81. The number of methoxy groups -OCH3 is 1. The number of hydrogen-bond donors (Lipinski definition) is 1. The van der Waals surface area contributed by atoms with Crippen molar-refractivity contribution in [3.05, 3.63) is 29.0 Å². The average molecular weight is 294 g/mol. The number of halogens is 1. The molecule has 4 nitrogen and oxygen atoms in total. The summed E-state index contributed by atoms with van der Waals surface area (Å²) in [5.41, 5.74) is 2.10. The smallest absolute Gasteiger partial charge is 0.127 e. The van der Waals surface area contributed by atoms with Gasteiger partial charge in [-0.15, -0.1) is 0 Å². The Morgan fingerprint density at radius 3 is 2.90 bits per heavy atom. The van der Waals surface area contributed by atoms with E-state index in [1.54, 1.807) is 7.11 Å². The molecule has 1 saturated heterocycles. The van der Waals surface area contributed by atoms with Gasteiger partial charge in [0.25, 0.3) is 0 Å². The maximum atomic E-state index is 6.13. The average Bonchev–Trinajstić information content (AvgIpc) is 3.01.